The van der Waals surface area contributed by atoms with Gasteiger partial charge in [-0.05, 0) is 62.7 Å². The van der Waals surface area contributed by atoms with E-state index >= 15 is 0 Å². The fourth-order valence-corrected chi connectivity index (χ4v) is 10.1. The number of unbranched alkanes of at least 4 members (excludes halogenated alkanes) is 18. The van der Waals surface area contributed by atoms with E-state index in [2.05, 4.69) is 28.2 Å². The molecule has 0 aromatic carbocycles. The molecule has 12 heteroatoms. The van der Waals surface area contributed by atoms with E-state index in [1.807, 2.05) is 0 Å². The first-order chi connectivity index (χ1) is 26.6. The van der Waals surface area contributed by atoms with Gasteiger partial charge < -0.3 is 40.3 Å². The minimum absolute atomic E-state index is 0.165. The van der Waals surface area contributed by atoms with Crippen LogP contribution in [0.1, 0.15) is 187 Å². The van der Waals surface area contributed by atoms with Crippen molar-refractivity contribution in [2.45, 2.75) is 234 Å². The Morgan fingerprint density at radius 2 is 1.40 bits per heavy atom. The van der Waals surface area contributed by atoms with Crippen LogP contribution in [0, 0.1) is 11.3 Å². The van der Waals surface area contributed by atoms with Crippen molar-refractivity contribution in [1.29, 1.82) is 0 Å². The Bertz CT molecular complexity index is 994. The quantitative estimate of drug-likeness (QED) is 0.0117. The number of urea groups is 1. The van der Waals surface area contributed by atoms with E-state index in [1.165, 1.54) is 128 Å². The molecule has 3 fully saturated rings. The van der Waals surface area contributed by atoms with Gasteiger partial charge >= 0.3 is 6.03 Å². The molecule has 11 nitrogen and oxygen atoms in total. The third kappa shape index (κ3) is 17.3. The molecule has 0 aromatic heterocycles. The Morgan fingerprint density at radius 3 is 1.91 bits per heavy atom. The van der Waals surface area contributed by atoms with Gasteiger partial charge in [-0.1, -0.05) is 151 Å². The van der Waals surface area contributed by atoms with Gasteiger partial charge in [-0.25, -0.2) is 10.6 Å². The Labute approximate surface area is 342 Å². The van der Waals surface area contributed by atoms with Crippen LogP contribution in [0.3, 0.4) is 0 Å². The second-order valence-electron chi connectivity index (χ2n) is 17.4. The highest BCUT2D eigenvalue weighted by Crippen LogP contribution is 2.58. The molecule has 3 aliphatic rings. The number of nitrogens with one attached hydrogen (secondary N) is 1. The number of nitrogens with zero attached hydrogens (tertiary/aromatic N) is 1. The van der Waals surface area contributed by atoms with Crippen LogP contribution in [0.5, 0.6) is 0 Å². The number of hydrogen-bond acceptors (Lipinski definition) is 9. The molecule has 9 atom stereocenters. The number of carbonyl (C=O) groups is 1. The van der Waals surface area contributed by atoms with Crippen molar-refractivity contribution in [1.82, 2.24) is 10.3 Å². The molecule has 0 radical (unpaired) electrons. The van der Waals surface area contributed by atoms with Gasteiger partial charge in [0.15, 0.2) is 6.29 Å². The topological polar surface area (TPSA) is 178 Å². The minimum Gasteiger partial charge on any atom is -0.394 e. The van der Waals surface area contributed by atoms with Crippen LogP contribution in [0.15, 0.2) is 0 Å². The molecule has 1 saturated heterocycles. The zero-order valence-electron chi connectivity index (χ0n) is 34.5. The monoisotopic (exact) mass is 848 g/mol. The predicted molar refractivity (Wildman–Crippen MR) is 223 cm³/mol. The Kier molecular flexibility index (Phi) is 24.8. The molecular weight excluding hydrogens is 766 g/mol. The first-order valence-electron chi connectivity index (χ1n) is 22.7. The fraction of sp³-hybridized carbons (Fsp3) is 0.977. The number of aliphatic hydroxyl groups is 5. The van der Waals surface area contributed by atoms with Gasteiger partial charge in [-0.2, -0.15) is 0 Å². The lowest BCUT2D eigenvalue weighted by Crippen LogP contribution is -2.60. The molecule has 324 valence electrons. The first kappa shape index (κ1) is 48.8. The number of carbonyl (C=O) groups excluding carboxylic acids is 1. The summed E-state index contributed by atoms with van der Waals surface area (Å²) in [6.45, 7) is 1.98. The molecule has 2 aliphatic carbocycles. The van der Waals surface area contributed by atoms with E-state index in [0.29, 0.717) is 18.4 Å². The maximum absolute atomic E-state index is 13.1. The Hall–Kier alpha value is -0.570. The maximum Gasteiger partial charge on any atom is 0.331 e. The van der Waals surface area contributed by atoms with Crippen LogP contribution in [-0.4, -0.2) is 104 Å². The molecule has 8 N–H and O–H groups in total. The summed E-state index contributed by atoms with van der Waals surface area (Å²) < 4.78 is 11.3. The number of amides is 2. The summed E-state index contributed by atoms with van der Waals surface area (Å²) in [5.74, 6) is 7.24. The number of ether oxygens (including phenoxy) is 2. The van der Waals surface area contributed by atoms with Gasteiger partial charge in [0.2, 0.25) is 0 Å². The highest BCUT2D eigenvalue weighted by molar-refractivity contribution is 9.09. The van der Waals surface area contributed by atoms with Gasteiger partial charge in [0.1, 0.15) is 24.4 Å². The molecule has 0 aromatic rings. The molecule has 55 heavy (non-hydrogen) atoms. The standard InChI is InChI=1S/C43H82BrN3O8/c1-2-3-4-5-6-7-8-9-10-13-16-19-23-34(49)30-33(32-54-41-40(52)39(51)38(50)37(31-48)55-41)47(45)42(53)46-29-21-18-15-12-11-14-17-20-26-43(27-22-28-43)35-24-25-36(35)44/h33-41,48-52H,2-32,45H2,1H3,(H,46,53)/t33-,34-,35?,36?,37?,38?,39?,40?,41?/m1/s1. The first-order valence-corrected chi connectivity index (χ1v) is 23.6. The van der Waals surface area contributed by atoms with Crippen molar-refractivity contribution in [2.24, 2.45) is 17.2 Å². The number of rotatable bonds is 32. The SMILES string of the molecule is CCCCCCCCCCCCCC[C@@H](O)C[C@H](COC1OC(CO)C(O)C(O)C1O)N(N)C(=O)NCCCCCCCCCCC1(C2CCC2Br)CCC1. The maximum atomic E-state index is 13.1. The number of hydrazine groups is 1. The largest absolute Gasteiger partial charge is 0.394 e. The summed E-state index contributed by atoms with van der Waals surface area (Å²) >= 11 is 3.91. The second kappa shape index (κ2) is 28.0. The van der Waals surface area contributed by atoms with Crippen LogP contribution >= 0.6 is 15.9 Å². The summed E-state index contributed by atoms with van der Waals surface area (Å²) in [6, 6.07) is -1.22. The summed E-state index contributed by atoms with van der Waals surface area (Å²) in [4.78, 5) is 13.9. The molecule has 2 saturated carbocycles. The van der Waals surface area contributed by atoms with Crippen molar-refractivity contribution >= 4 is 22.0 Å². The van der Waals surface area contributed by atoms with Gasteiger partial charge in [0, 0.05) is 11.4 Å². The summed E-state index contributed by atoms with van der Waals surface area (Å²) in [6.07, 6.45) is 25.7. The lowest BCUT2D eigenvalue weighted by molar-refractivity contribution is -0.303. The zero-order valence-corrected chi connectivity index (χ0v) is 36.1. The third-order valence-corrected chi connectivity index (χ3v) is 14.2. The lowest BCUT2D eigenvalue weighted by atomic mass is 9.53. The molecule has 1 heterocycles. The van der Waals surface area contributed by atoms with Crippen LogP contribution in [0.25, 0.3) is 0 Å². The molecular formula is C43H82BrN3O8. The lowest BCUT2D eigenvalue weighted by Gasteiger charge is -2.54. The van der Waals surface area contributed by atoms with E-state index < -0.39 is 55.5 Å². The van der Waals surface area contributed by atoms with Gasteiger partial charge in [0.25, 0.3) is 0 Å². The van der Waals surface area contributed by atoms with Crippen LogP contribution in [-0.2, 0) is 9.47 Å². The predicted octanol–water partition coefficient (Wildman–Crippen LogP) is 7.75. The summed E-state index contributed by atoms with van der Waals surface area (Å²) in [7, 11) is 0. The van der Waals surface area contributed by atoms with Crippen molar-refractivity contribution in [3.05, 3.63) is 0 Å². The van der Waals surface area contributed by atoms with E-state index in [9.17, 15) is 30.3 Å². The average molecular weight is 849 g/mol. The number of aliphatic hydroxyl groups excluding tert-OH is 5. The van der Waals surface area contributed by atoms with Crippen molar-refractivity contribution in [3.8, 4) is 0 Å². The number of halogens is 1. The molecule has 2 amide bonds. The average Bonchev–Trinajstić information content (AvgIpc) is 3.16. The Morgan fingerprint density at radius 1 is 0.836 bits per heavy atom. The molecule has 1 aliphatic heterocycles. The highest BCUT2D eigenvalue weighted by Gasteiger charge is 2.49. The third-order valence-electron chi connectivity index (χ3n) is 13.1. The van der Waals surface area contributed by atoms with E-state index in [-0.39, 0.29) is 13.0 Å². The Balaban J connectivity index is 1.32. The highest BCUT2D eigenvalue weighted by atomic mass is 79.9. The molecule has 7 unspecified atom stereocenters. The van der Waals surface area contributed by atoms with E-state index in [1.54, 1.807) is 0 Å². The number of nitrogens with two attached hydrogens (primary N) is 1. The van der Waals surface area contributed by atoms with Crippen molar-refractivity contribution in [3.63, 3.8) is 0 Å². The van der Waals surface area contributed by atoms with Crippen molar-refractivity contribution < 1.29 is 39.8 Å². The normalized spacial score (nSPS) is 27.2. The van der Waals surface area contributed by atoms with Crippen LogP contribution in [0.4, 0.5) is 4.79 Å². The van der Waals surface area contributed by atoms with Crippen LogP contribution < -0.4 is 11.2 Å². The summed E-state index contributed by atoms with van der Waals surface area (Å²) in [5.41, 5.74) is 0.652. The molecule has 0 spiro atoms. The number of hydrogen-bond donors (Lipinski definition) is 7. The van der Waals surface area contributed by atoms with Gasteiger partial charge in [-0.15, -0.1) is 0 Å². The van der Waals surface area contributed by atoms with Crippen LogP contribution in [0.2, 0.25) is 0 Å². The van der Waals surface area contributed by atoms with E-state index in [0.717, 1.165) is 54.3 Å². The summed E-state index contributed by atoms with van der Waals surface area (Å²) in [5, 5.41) is 55.3. The van der Waals surface area contributed by atoms with E-state index in [4.69, 9.17) is 15.3 Å². The van der Waals surface area contributed by atoms with Gasteiger partial charge in [0.05, 0.1) is 25.4 Å². The number of alkyl halides is 1. The smallest absolute Gasteiger partial charge is 0.331 e. The molecule has 0 bridgehead atoms. The zero-order chi connectivity index (χ0) is 39.9. The van der Waals surface area contributed by atoms with Crippen molar-refractivity contribution in [2.75, 3.05) is 19.8 Å². The second-order valence-corrected chi connectivity index (χ2v) is 18.6. The van der Waals surface area contributed by atoms with Gasteiger partial charge in [-0.3, -0.25) is 5.01 Å². The fourth-order valence-electron chi connectivity index (χ4n) is 9.03. The molecule has 3 rings (SSSR count). The minimum atomic E-state index is -1.58.